The molecule has 11 aromatic rings. The van der Waals surface area contributed by atoms with Crippen molar-refractivity contribution in [1.29, 1.82) is 5.26 Å². The van der Waals surface area contributed by atoms with Gasteiger partial charge < -0.3 is 14.4 Å². The summed E-state index contributed by atoms with van der Waals surface area (Å²) in [5.74, 6) is 0.478. The van der Waals surface area contributed by atoms with Crippen molar-refractivity contribution in [3.63, 3.8) is 0 Å². The molecular formula is C62H37N9. The van der Waals surface area contributed by atoms with Crippen molar-refractivity contribution in [3.8, 4) is 45.7 Å². The molecule has 2 heterocycles. The summed E-state index contributed by atoms with van der Waals surface area (Å²) in [6.07, 6.45) is 0. The first-order valence-electron chi connectivity index (χ1n) is 22.7. The van der Waals surface area contributed by atoms with E-state index in [1.165, 1.54) is 0 Å². The maximum absolute atomic E-state index is 9.66. The maximum atomic E-state index is 9.66. The Labute approximate surface area is 410 Å². The Kier molecular flexibility index (Phi) is 11.3. The Balaban J connectivity index is 1.09. The van der Waals surface area contributed by atoms with Gasteiger partial charge in [0.15, 0.2) is 22.9 Å². The fourth-order valence-electron chi connectivity index (χ4n) is 9.07. The molecule has 0 saturated carbocycles. The third-order valence-electron chi connectivity index (χ3n) is 12.4. The van der Waals surface area contributed by atoms with Gasteiger partial charge in [0.05, 0.1) is 53.8 Å². The van der Waals surface area contributed by atoms with Crippen LogP contribution >= 0.6 is 0 Å². The molecule has 71 heavy (non-hydrogen) atoms. The number of hydrogen-bond donors (Lipinski definition) is 0. The predicted molar refractivity (Wildman–Crippen MR) is 286 cm³/mol. The number of benzene rings is 9. The minimum absolute atomic E-state index is 0.478. The minimum atomic E-state index is 0.478. The summed E-state index contributed by atoms with van der Waals surface area (Å²) in [7, 11) is 0. The van der Waals surface area contributed by atoms with E-state index < -0.39 is 0 Å². The van der Waals surface area contributed by atoms with Gasteiger partial charge in [-0.05, 0) is 133 Å². The van der Waals surface area contributed by atoms with Gasteiger partial charge in [0.2, 0.25) is 0 Å². The number of para-hydroxylation sites is 2. The molecule has 0 radical (unpaired) electrons. The third-order valence-corrected chi connectivity index (χ3v) is 12.4. The van der Waals surface area contributed by atoms with E-state index in [1.807, 2.05) is 121 Å². The molecule has 0 aliphatic heterocycles. The second-order valence-corrected chi connectivity index (χ2v) is 16.7. The standard InChI is InChI=1S/C62H37N9/c1-64-46-24-30-52(31-25-46)70(50-18-8-5-9-19-50)55-33-35-61-57(39-55)56-38-54(69(49-16-6-4-7-17-49)51-26-20-42(41-63)21-27-51)32-34-60(56)71(61)53-28-22-43(23-29-53)58-40-59(44-12-10-14-47(36-44)65-2)68-62(67-58)45-13-11-15-48(37-45)66-3/h4-40H. The molecule has 0 N–H and O–H groups in total. The van der Waals surface area contributed by atoms with E-state index in [9.17, 15) is 5.26 Å². The van der Waals surface area contributed by atoms with Gasteiger partial charge in [-0.2, -0.15) is 5.26 Å². The molecule has 0 aliphatic rings. The lowest BCUT2D eigenvalue weighted by Gasteiger charge is -2.26. The number of rotatable bonds is 10. The number of nitrogens with zero attached hydrogens (tertiary/aromatic N) is 9. The van der Waals surface area contributed by atoms with Crippen molar-refractivity contribution in [2.75, 3.05) is 9.80 Å². The van der Waals surface area contributed by atoms with E-state index in [2.05, 4.69) is 120 Å². The van der Waals surface area contributed by atoms with Crippen LogP contribution in [0.25, 0.3) is 75.9 Å². The molecule has 11 rings (SSSR count). The van der Waals surface area contributed by atoms with Crippen LogP contribution in [0.2, 0.25) is 0 Å². The average Bonchev–Trinajstić information content (AvgIpc) is 3.77. The van der Waals surface area contributed by atoms with Crippen LogP contribution in [0.4, 0.5) is 51.2 Å². The quantitative estimate of drug-likeness (QED) is 0.128. The highest BCUT2D eigenvalue weighted by molar-refractivity contribution is 6.12. The van der Waals surface area contributed by atoms with Crippen LogP contribution < -0.4 is 9.80 Å². The highest BCUT2D eigenvalue weighted by Crippen LogP contribution is 2.43. The lowest BCUT2D eigenvalue weighted by atomic mass is 10.1. The second-order valence-electron chi connectivity index (χ2n) is 16.7. The number of anilines is 6. The van der Waals surface area contributed by atoms with Crippen molar-refractivity contribution in [1.82, 2.24) is 14.5 Å². The molecule has 0 amide bonds. The average molecular weight is 908 g/mol. The zero-order valence-corrected chi connectivity index (χ0v) is 37.9. The van der Waals surface area contributed by atoms with Crippen molar-refractivity contribution in [2.24, 2.45) is 0 Å². The van der Waals surface area contributed by atoms with Crippen LogP contribution in [0, 0.1) is 31.0 Å². The Bertz CT molecular complexity index is 3730. The molecule has 0 atom stereocenters. The van der Waals surface area contributed by atoms with Crippen LogP contribution in [0.15, 0.2) is 224 Å². The van der Waals surface area contributed by atoms with Gasteiger partial charge in [0.1, 0.15) is 0 Å². The van der Waals surface area contributed by atoms with Crippen LogP contribution in [-0.2, 0) is 0 Å². The first-order valence-corrected chi connectivity index (χ1v) is 22.7. The normalized spacial score (nSPS) is 10.8. The van der Waals surface area contributed by atoms with Gasteiger partial charge in [-0.1, -0.05) is 97.1 Å². The van der Waals surface area contributed by atoms with E-state index in [0.717, 1.165) is 78.3 Å². The van der Waals surface area contributed by atoms with Gasteiger partial charge >= 0.3 is 0 Å². The molecule has 9 nitrogen and oxygen atoms in total. The van der Waals surface area contributed by atoms with E-state index in [0.29, 0.717) is 39.8 Å². The number of hydrogen-bond acceptors (Lipinski definition) is 5. The van der Waals surface area contributed by atoms with E-state index in [-0.39, 0.29) is 0 Å². The van der Waals surface area contributed by atoms with Gasteiger partial charge in [0, 0.05) is 61.7 Å². The first-order chi connectivity index (χ1) is 35.0. The molecule has 0 spiro atoms. The van der Waals surface area contributed by atoms with Gasteiger partial charge in [0.25, 0.3) is 0 Å². The molecule has 9 heteroatoms. The van der Waals surface area contributed by atoms with Crippen LogP contribution in [-0.4, -0.2) is 14.5 Å². The number of fused-ring (bicyclic) bond motifs is 3. The minimum Gasteiger partial charge on any atom is -0.311 e. The first kappa shape index (κ1) is 43.0. The molecule has 0 bridgehead atoms. The summed E-state index contributed by atoms with van der Waals surface area (Å²) < 4.78 is 2.29. The maximum Gasteiger partial charge on any atom is 0.187 e. The Morgan fingerprint density at radius 1 is 0.394 bits per heavy atom. The zero-order valence-electron chi connectivity index (χ0n) is 37.9. The van der Waals surface area contributed by atoms with Gasteiger partial charge in [-0.25, -0.2) is 24.5 Å². The Morgan fingerprint density at radius 2 is 0.859 bits per heavy atom. The molecule has 0 aliphatic carbocycles. The highest BCUT2D eigenvalue weighted by atomic mass is 15.2. The zero-order chi connectivity index (χ0) is 48.3. The van der Waals surface area contributed by atoms with Crippen molar-refractivity contribution < 1.29 is 0 Å². The predicted octanol–water partition coefficient (Wildman–Crippen LogP) is 17.0. The summed E-state index contributed by atoms with van der Waals surface area (Å²) in [5, 5.41) is 11.7. The highest BCUT2D eigenvalue weighted by Gasteiger charge is 2.21. The number of aromatic nitrogens is 3. The SMILES string of the molecule is [C-]#[N+]c1ccc(N(c2ccccc2)c2ccc3c(c2)c2cc(N(c4ccccc4)c4ccc(C#N)cc4)ccc2n3-c2ccc(-c3cc(-c4cccc([N+]#[C-])c4)nc(-c4cccc([N+]#[C-])c4)n3)cc2)cc1. The van der Waals surface area contributed by atoms with E-state index in [4.69, 9.17) is 29.7 Å². The topological polar surface area (TPSA) is 74.1 Å². The van der Waals surface area contributed by atoms with Crippen LogP contribution in [0.5, 0.6) is 0 Å². The van der Waals surface area contributed by atoms with Crippen molar-refractivity contribution in [2.45, 2.75) is 0 Å². The number of nitriles is 1. The van der Waals surface area contributed by atoms with Gasteiger partial charge in [-0.3, -0.25) is 0 Å². The van der Waals surface area contributed by atoms with Crippen LogP contribution in [0.3, 0.4) is 0 Å². The molecule has 2 aromatic heterocycles. The van der Waals surface area contributed by atoms with E-state index in [1.54, 1.807) is 18.2 Å². The summed E-state index contributed by atoms with van der Waals surface area (Å²) >= 11 is 0. The molecule has 330 valence electrons. The van der Waals surface area contributed by atoms with Gasteiger partial charge in [-0.15, -0.1) is 0 Å². The smallest absolute Gasteiger partial charge is 0.187 e. The summed E-state index contributed by atoms with van der Waals surface area (Å²) in [6, 6.07) is 76.2. The van der Waals surface area contributed by atoms with Crippen LogP contribution in [0.1, 0.15) is 5.56 Å². The molecule has 9 aromatic carbocycles. The molecule has 0 unspecified atom stereocenters. The fraction of sp³-hybridized carbons (Fsp3) is 0. The fourth-order valence-corrected chi connectivity index (χ4v) is 9.07. The summed E-state index contributed by atoms with van der Waals surface area (Å²) in [5.41, 5.74) is 14.6. The monoisotopic (exact) mass is 907 g/mol. The lowest BCUT2D eigenvalue weighted by molar-refractivity contribution is 1.17. The Morgan fingerprint density at radius 3 is 1.38 bits per heavy atom. The summed E-state index contributed by atoms with van der Waals surface area (Å²) in [6.45, 7) is 22.9. The van der Waals surface area contributed by atoms with Crippen molar-refractivity contribution in [3.05, 3.63) is 264 Å². The largest absolute Gasteiger partial charge is 0.311 e. The third kappa shape index (κ3) is 8.32. The second kappa shape index (κ2) is 18.6. The lowest BCUT2D eigenvalue weighted by Crippen LogP contribution is -2.09. The summed E-state index contributed by atoms with van der Waals surface area (Å²) in [4.78, 5) is 25.4. The molecule has 0 saturated heterocycles. The van der Waals surface area contributed by atoms with Crippen molar-refractivity contribution >= 4 is 73.0 Å². The Hall–Kier alpha value is -10.6. The van der Waals surface area contributed by atoms with E-state index >= 15 is 0 Å². The molecule has 0 fully saturated rings. The molecular weight excluding hydrogens is 871 g/mol.